The predicted octanol–water partition coefficient (Wildman–Crippen LogP) is 1.85. The molecule has 0 aliphatic carbocycles. The molecule has 1 unspecified atom stereocenters. The van der Waals surface area contributed by atoms with Crippen molar-refractivity contribution in [2.24, 2.45) is 0 Å². The smallest absolute Gasteiger partial charge is 0.159 e. The molecule has 0 saturated heterocycles. The molecule has 0 fully saturated rings. The molecule has 1 atom stereocenters. The van der Waals surface area contributed by atoms with Gasteiger partial charge >= 0.3 is 0 Å². The highest BCUT2D eigenvalue weighted by atomic mass is 19.2. The Morgan fingerprint density at radius 1 is 1.40 bits per heavy atom. The Kier molecular flexibility index (Phi) is 3.52. The summed E-state index contributed by atoms with van der Waals surface area (Å²) in [5.74, 6) is -1.87. The van der Waals surface area contributed by atoms with Crippen molar-refractivity contribution < 1.29 is 18.7 Å². The predicted molar refractivity (Wildman–Crippen MR) is 51.4 cm³/mol. The number of carbonyl (C=O) groups excluding carboxylic acids is 1. The minimum absolute atomic E-state index is 0.0357. The van der Waals surface area contributed by atoms with Crippen LogP contribution in [0.1, 0.15) is 18.9 Å². The van der Waals surface area contributed by atoms with Crippen LogP contribution < -0.4 is 0 Å². The molecular weight excluding hydrogens is 202 g/mol. The van der Waals surface area contributed by atoms with Gasteiger partial charge in [-0.1, -0.05) is 6.07 Å². The van der Waals surface area contributed by atoms with E-state index in [1.54, 1.807) is 0 Å². The Morgan fingerprint density at radius 3 is 2.60 bits per heavy atom. The zero-order chi connectivity index (χ0) is 11.5. The van der Waals surface area contributed by atoms with Crippen molar-refractivity contribution in [2.45, 2.75) is 25.4 Å². The summed E-state index contributed by atoms with van der Waals surface area (Å²) in [5, 5.41) is 9.68. The van der Waals surface area contributed by atoms with E-state index in [-0.39, 0.29) is 12.8 Å². The molecule has 2 nitrogen and oxygen atoms in total. The Hall–Kier alpha value is -1.29. The number of carbonyl (C=O) groups is 1. The van der Waals surface area contributed by atoms with Crippen LogP contribution in [0.25, 0.3) is 0 Å². The normalized spacial score (nSPS) is 14.7. The Morgan fingerprint density at radius 2 is 2.07 bits per heavy atom. The molecule has 15 heavy (non-hydrogen) atoms. The van der Waals surface area contributed by atoms with Crippen molar-refractivity contribution in [1.29, 1.82) is 0 Å². The molecule has 0 saturated carbocycles. The molecular formula is C11H12F2O2. The van der Waals surface area contributed by atoms with Gasteiger partial charge in [-0.15, -0.1) is 0 Å². The van der Waals surface area contributed by atoms with Crippen LogP contribution in [0.2, 0.25) is 0 Å². The van der Waals surface area contributed by atoms with Gasteiger partial charge in [-0.05, 0) is 24.6 Å². The minimum Gasteiger partial charge on any atom is -0.389 e. The van der Waals surface area contributed by atoms with Crippen LogP contribution in [0.3, 0.4) is 0 Å². The molecule has 0 spiro atoms. The van der Waals surface area contributed by atoms with E-state index in [2.05, 4.69) is 0 Å². The second-order valence-electron chi connectivity index (χ2n) is 3.79. The molecule has 1 aromatic rings. The van der Waals surface area contributed by atoms with Gasteiger partial charge in [-0.3, -0.25) is 0 Å². The van der Waals surface area contributed by atoms with Crippen LogP contribution in [-0.4, -0.2) is 17.0 Å². The number of rotatable bonds is 4. The maximum absolute atomic E-state index is 12.8. The fourth-order valence-electron chi connectivity index (χ4n) is 1.34. The molecule has 0 aromatic heterocycles. The standard InChI is InChI=1S/C11H12F2O2/c1-11(15,4-5-14)7-8-2-3-9(12)10(13)6-8/h2-3,5-6,15H,4,7H2,1H3. The Bertz CT molecular complexity index is 362. The van der Waals surface area contributed by atoms with E-state index in [9.17, 15) is 18.7 Å². The van der Waals surface area contributed by atoms with Crippen molar-refractivity contribution in [3.63, 3.8) is 0 Å². The average molecular weight is 214 g/mol. The molecule has 0 heterocycles. The second-order valence-corrected chi connectivity index (χ2v) is 3.79. The largest absolute Gasteiger partial charge is 0.389 e. The van der Waals surface area contributed by atoms with E-state index in [1.807, 2.05) is 0 Å². The lowest BCUT2D eigenvalue weighted by molar-refractivity contribution is -0.111. The lowest BCUT2D eigenvalue weighted by atomic mass is 9.94. The fourth-order valence-corrected chi connectivity index (χ4v) is 1.34. The van der Waals surface area contributed by atoms with Gasteiger partial charge in [0.2, 0.25) is 0 Å². The molecule has 0 bridgehead atoms. The summed E-state index contributed by atoms with van der Waals surface area (Å²) in [6.07, 6.45) is 0.675. The van der Waals surface area contributed by atoms with Crippen LogP contribution >= 0.6 is 0 Å². The summed E-state index contributed by atoms with van der Waals surface area (Å²) < 4.78 is 25.4. The van der Waals surface area contributed by atoms with Gasteiger partial charge in [0.05, 0.1) is 5.60 Å². The quantitative estimate of drug-likeness (QED) is 0.776. The van der Waals surface area contributed by atoms with Gasteiger partial charge in [0, 0.05) is 12.8 Å². The lowest BCUT2D eigenvalue weighted by Crippen LogP contribution is -2.27. The third-order valence-corrected chi connectivity index (χ3v) is 2.09. The van der Waals surface area contributed by atoms with Crippen molar-refractivity contribution >= 4 is 6.29 Å². The number of aliphatic hydroxyl groups is 1. The van der Waals surface area contributed by atoms with Gasteiger partial charge in [0.15, 0.2) is 11.6 Å². The highest BCUT2D eigenvalue weighted by Crippen LogP contribution is 2.17. The summed E-state index contributed by atoms with van der Waals surface area (Å²) in [6.45, 7) is 1.47. The number of aldehydes is 1. The molecule has 0 radical (unpaired) electrons. The lowest BCUT2D eigenvalue weighted by Gasteiger charge is -2.20. The van der Waals surface area contributed by atoms with Gasteiger partial charge in [0.1, 0.15) is 6.29 Å². The highest BCUT2D eigenvalue weighted by Gasteiger charge is 2.20. The zero-order valence-corrected chi connectivity index (χ0v) is 8.34. The summed E-state index contributed by atoms with van der Waals surface area (Å²) in [7, 11) is 0. The first-order chi connectivity index (χ1) is 6.94. The van der Waals surface area contributed by atoms with Gasteiger partial charge in [-0.2, -0.15) is 0 Å². The van der Waals surface area contributed by atoms with Crippen molar-refractivity contribution in [3.8, 4) is 0 Å². The van der Waals surface area contributed by atoms with Crippen LogP contribution in [0.4, 0.5) is 8.78 Å². The van der Waals surface area contributed by atoms with E-state index < -0.39 is 17.2 Å². The van der Waals surface area contributed by atoms with E-state index in [0.29, 0.717) is 11.8 Å². The molecule has 1 N–H and O–H groups in total. The molecule has 0 aliphatic rings. The third-order valence-electron chi connectivity index (χ3n) is 2.09. The highest BCUT2D eigenvalue weighted by molar-refractivity contribution is 5.51. The maximum atomic E-state index is 12.8. The first-order valence-corrected chi connectivity index (χ1v) is 4.54. The second kappa shape index (κ2) is 4.49. The topological polar surface area (TPSA) is 37.3 Å². The van der Waals surface area contributed by atoms with Crippen molar-refractivity contribution in [3.05, 3.63) is 35.4 Å². The first kappa shape index (κ1) is 11.8. The molecule has 4 heteroatoms. The van der Waals surface area contributed by atoms with Crippen molar-refractivity contribution in [2.75, 3.05) is 0 Å². The molecule has 1 aromatic carbocycles. The van der Waals surface area contributed by atoms with Crippen LogP contribution in [0.5, 0.6) is 0 Å². The molecule has 82 valence electrons. The summed E-state index contributed by atoms with van der Waals surface area (Å²) in [5.41, 5.74) is -0.757. The Labute approximate surface area is 86.5 Å². The zero-order valence-electron chi connectivity index (χ0n) is 8.34. The first-order valence-electron chi connectivity index (χ1n) is 4.54. The van der Waals surface area contributed by atoms with Crippen LogP contribution in [0.15, 0.2) is 18.2 Å². The SMILES string of the molecule is CC(O)(CC=O)Cc1ccc(F)c(F)c1. The number of hydrogen-bond donors (Lipinski definition) is 1. The third kappa shape index (κ3) is 3.40. The summed E-state index contributed by atoms with van der Waals surface area (Å²) in [4.78, 5) is 10.2. The van der Waals surface area contributed by atoms with Crippen molar-refractivity contribution in [1.82, 2.24) is 0 Å². The number of hydrogen-bond acceptors (Lipinski definition) is 2. The molecule has 0 aliphatic heterocycles. The van der Waals surface area contributed by atoms with Gasteiger partial charge in [-0.25, -0.2) is 8.78 Å². The average Bonchev–Trinajstić information content (AvgIpc) is 2.10. The van der Waals surface area contributed by atoms with Crippen LogP contribution in [-0.2, 0) is 11.2 Å². The molecule has 1 rings (SSSR count). The van der Waals surface area contributed by atoms with Gasteiger partial charge in [0.25, 0.3) is 0 Å². The summed E-state index contributed by atoms with van der Waals surface area (Å²) >= 11 is 0. The monoisotopic (exact) mass is 214 g/mol. The van der Waals surface area contributed by atoms with E-state index in [1.165, 1.54) is 13.0 Å². The molecule has 0 amide bonds. The van der Waals surface area contributed by atoms with E-state index in [0.717, 1.165) is 12.1 Å². The van der Waals surface area contributed by atoms with E-state index in [4.69, 9.17) is 0 Å². The van der Waals surface area contributed by atoms with Gasteiger partial charge < -0.3 is 9.90 Å². The maximum Gasteiger partial charge on any atom is 0.159 e. The summed E-state index contributed by atoms with van der Waals surface area (Å²) in [6, 6.07) is 3.41. The minimum atomic E-state index is -1.22. The van der Waals surface area contributed by atoms with E-state index >= 15 is 0 Å². The number of halogens is 2. The fraction of sp³-hybridized carbons (Fsp3) is 0.364. The Balaban J connectivity index is 2.80. The number of benzene rings is 1. The van der Waals surface area contributed by atoms with Crippen LogP contribution in [0, 0.1) is 11.6 Å².